The van der Waals surface area contributed by atoms with Gasteiger partial charge in [0.15, 0.2) is 5.82 Å². The summed E-state index contributed by atoms with van der Waals surface area (Å²) < 4.78 is 1.83. The van der Waals surface area contributed by atoms with E-state index in [0.29, 0.717) is 17.3 Å². The van der Waals surface area contributed by atoms with Crippen LogP contribution in [0.1, 0.15) is 23.4 Å². The lowest BCUT2D eigenvalue weighted by atomic mass is 9.99. The summed E-state index contributed by atoms with van der Waals surface area (Å²) >= 11 is 3.22. The number of nitrogens with zero attached hydrogens (tertiary/aromatic N) is 3. The molecule has 0 saturated carbocycles. The molecule has 30 heavy (non-hydrogen) atoms. The molecule has 1 aliphatic heterocycles. The molecular formula is C22H19N5OS2. The van der Waals surface area contributed by atoms with Crippen LogP contribution >= 0.6 is 22.7 Å². The summed E-state index contributed by atoms with van der Waals surface area (Å²) in [5, 5.41) is 15.2. The fraction of sp³-hybridized carbons (Fsp3) is 0.136. The van der Waals surface area contributed by atoms with Crippen molar-refractivity contribution in [1.29, 1.82) is 0 Å². The molecule has 0 aliphatic carbocycles. The van der Waals surface area contributed by atoms with Gasteiger partial charge >= 0.3 is 0 Å². The van der Waals surface area contributed by atoms with Gasteiger partial charge in [0.2, 0.25) is 5.95 Å². The minimum atomic E-state index is -0.342. The molecule has 4 aromatic rings. The number of aromatic nitrogens is 3. The van der Waals surface area contributed by atoms with Crippen molar-refractivity contribution in [2.24, 2.45) is 0 Å². The van der Waals surface area contributed by atoms with E-state index in [2.05, 4.69) is 23.6 Å². The normalized spacial score (nSPS) is 15.6. The topological polar surface area (TPSA) is 71.8 Å². The number of thiophene rings is 2. The number of hydrogen-bond donors (Lipinski definition) is 2. The third-order valence-corrected chi connectivity index (χ3v) is 6.96. The van der Waals surface area contributed by atoms with Crippen molar-refractivity contribution < 1.29 is 4.79 Å². The second-order valence-electron chi connectivity index (χ2n) is 7.04. The lowest BCUT2D eigenvalue weighted by Crippen LogP contribution is -2.31. The Morgan fingerprint density at radius 1 is 1.07 bits per heavy atom. The van der Waals surface area contributed by atoms with Gasteiger partial charge in [0, 0.05) is 16.3 Å². The van der Waals surface area contributed by atoms with E-state index in [-0.39, 0.29) is 11.9 Å². The number of carbonyl (C=O) groups excluding carboxylic acids is 1. The van der Waals surface area contributed by atoms with Gasteiger partial charge in [-0.25, -0.2) is 4.68 Å². The van der Waals surface area contributed by atoms with Gasteiger partial charge < -0.3 is 10.6 Å². The van der Waals surface area contributed by atoms with Gasteiger partial charge in [-0.15, -0.1) is 27.8 Å². The molecule has 0 spiro atoms. The van der Waals surface area contributed by atoms with Gasteiger partial charge in [-0.2, -0.15) is 4.98 Å². The molecule has 1 atom stereocenters. The van der Waals surface area contributed by atoms with E-state index in [0.717, 1.165) is 26.7 Å². The average Bonchev–Trinajstić information content (AvgIpc) is 3.48. The SMILES string of the molecule is CC1=C(C(=O)Nc2ccccc2)C(c2sccc2C)n2nc(-c3cccs3)nc2N1. The molecule has 2 N–H and O–H groups in total. The van der Waals surface area contributed by atoms with E-state index in [9.17, 15) is 4.79 Å². The van der Waals surface area contributed by atoms with Crippen molar-refractivity contribution in [2.75, 3.05) is 10.6 Å². The Kier molecular flexibility index (Phi) is 4.72. The monoisotopic (exact) mass is 433 g/mol. The molecule has 1 aliphatic rings. The third-order valence-electron chi connectivity index (χ3n) is 5.02. The summed E-state index contributed by atoms with van der Waals surface area (Å²) in [6.45, 7) is 3.98. The number of benzene rings is 1. The van der Waals surface area contributed by atoms with Crippen molar-refractivity contribution in [3.8, 4) is 10.7 Å². The van der Waals surface area contributed by atoms with Crippen molar-refractivity contribution in [1.82, 2.24) is 14.8 Å². The maximum atomic E-state index is 13.4. The molecule has 0 bridgehead atoms. The number of anilines is 2. The van der Waals surface area contributed by atoms with Gasteiger partial charge in [0.25, 0.3) is 5.91 Å². The number of aryl methyl sites for hydroxylation is 1. The molecule has 8 heteroatoms. The number of allylic oxidation sites excluding steroid dienone is 1. The van der Waals surface area contributed by atoms with Crippen LogP contribution in [0.3, 0.4) is 0 Å². The van der Waals surface area contributed by atoms with Gasteiger partial charge in [0.1, 0.15) is 6.04 Å². The highest BCUT2D eigenvalue weighted by atomic mass is 32.1. The smallest absolute Gasteiger partial charge is 0.255 e. The fourth-order valence-electron chi connectivity index (χ4n) is 3.58. The minimum absolute atomic E-state index is 0.150. The van der Waals surface area contributed by atoms with Crippen molar-refractivity contribution in [3.63, 3.8) is 0 Å². The van der Waals surface area contributed by atoms with Gasteiger partial charge in [-0.05, 0) is 54.4 Å². The summed E-state index contributed by atoms with van der Waals surface area (Å²) in [5.41, 5.74) is 3.30. The Labute approximate surface area is 181 Å². The van der Waals surface area contributed by atoms with Crippen molar-refractivity contribution in [3.05, 3.63) is 81.0 Å². The van der Waals surface area contributed by atoms with Gasteiger partial charge in [-0.1, -0.05) is 24.3 Å². The van der Waals surface area contributed by atoms with E-state index >= 15 is 0 Å². The average molecular weight is 434 g/mol. The maximum absolute atomic E-state index is 13.4. The molecular weight excluding hydrogens is 414 g/mol. The first-order valence-corrected chi connectivity index (χ1v) is 11.3. The van der Waals surface area contributed by atoms with Gasteiger partial charge in [0.05, 0.1) is 10.5 Å². The Hall–Kier alpha value is -3.23. The number of nitrogens with one attached hydrogen (secondary N) is 2. The molecule has 1 unspecified atom stereocenters. The highest BCUT2D eigenvalue weighted by Gasteiger charge is 2.36. The van der Waals surface area contributed by atoms with E-state index in [1.165, 1.54) is 0 Å². The molecule has 3 aromatic heterocycles. The lowest BCUT2D eigenvalue weighted by Gasteiger charge is -2.28. The molecule has 0 fully saturated rings. The summed E-state index contributed by atoms with van der Waals surface area (Å²) in [6, 6.07) is 15.2. The number of hydrogen-bond acceptors (Lipinski definition) is 6. The highest BCUT2D eigenvalue weighted by molar-refractivity contribution is 7.13. The largest absolute Gasteiger partial charge is 0.328 e. The van der Waals surface area contributed by atoms with Crippen LogP contribution in [-0.4, -0.2) is 20.7 Å². The summed E-state index contributed by atoms with van der Waals surface area (Å²) in [6.07, 6.45) is 0. The summed E-state index contributed by atoms with van der Waals surface area (Å²) in [5.74, 6) is 1.15. The van der Waals surface area contributed by atoms with Crippen LogP contribution < -0.4 is 10.6 Å². The van der Waals surface area contributed by atoms with Crippen molar-refractivity contribution >= 4 is 40.2 Å². The summed E-state index contributed by atoms with van der Waals surface area (Å²) in [4.78, 5) is 20.2. The Bertz CT molecular complexity index is 1240. The number of fused-ring (bicyclic) bond motifs is 1. The second kappa shape index (κ2) is 7.55. The van der Waals surface area contributed by atoms with Crippen LogP contribution in [0.25, 0.3) is 10.7 Å². The first-order valence-electron chi connectivity index (χ1n) is 9.50. The lowest BCUT2D eigenvalue weighted by molar-refractivity contribution is -0.113. The third kappa shape index (κ3) is 3.24. The standard InChI is InChI=1S/C22H19N5OS2/c1-13-10-12-30-19(13)18-17(21(28)24-15-7-4-3-5-8-15)14(2)23-22-25-20(26-27(18)22)16-9-6-11-29-16/h3-12,18H,1-2H3,(H,24,28)(H,23,25,26). The first kappa shape index (κ1) is 18.8. The highest BCUT2D eigenvalue weighted by Crippen LogP contribution is 2.40. The predicted octanol–water partition coefficient (Wildman–Crippen LogP) is 5.30. The molecule has 6 nitrogen and oxygen atoms in total. The zero-order chi connectivity index (χ0) is 20.7. The van der Waals surface area contributed by atoms with Gasteiger partial charge in [-0.3, -0.25) is 4.79 Å². The van der Waals surface area contributed by atoms with E-state index < -0.39 is 0 Å². The quantitative estimate of drug-likeness (QED) is 0.458. The first-order chi connectivity index (χ1) is 14.6. The molecule has 1 aromatic carbocycles. The molecule has 4 heterocycles. The van der Waals surface area contributed by atoms with Crippen molar-refractivity contribution in [2.45, 2.75) is 19.9 Å². The number of amides is 1. The molecule has 5 rings (SSSR count). The zero-order valence-corrected chi connectivity index (χ0v) is 18.1. The molecule has 0 radical (unpaired) electrons. The van der Waals surface area contributed by atoms with Crippen LogP contribution in [0.2, 0.25) is 0 Å². The number of rotatable bonds is 4. The molecule has 0 saturated heterocycles. The van der Waals surface area contributed by atoms with E-state index in [1.807, 2.05) is 64.8 Å². The van der Waals surface area contributed by atoms with Crippen LogP contribution in [-0.2, 0) is 4.79 Å². The number of carbonyl (C=O) groups is 1. The zero-order valence-electron chi connectivity index (χ0n) is 16.4. The van der Waals surface area contributed by atoms with Crippen LogP contribution in [0.5, 0.6) is 0 Å². The minimum Gasteiger partial charge on any atom is -0.328 e. The maximum Gasteiger partial charge on any atom is 0.255 e. The van der Waals surface area contributed by atoms with Crippen LogP contribution in [0.15, 0.2) is 70.6 Å². The Morgan fingerprint density at radius 3 is 2.60 bits per heavy atom. The molecule has 1 amide bonds. The second-order valence-corrected chi connectivity index (χ2v) is 8.93. The fourth-order valence-corrected chi connectivity index (χ4v) is 5.25. The van der Waals surface area contributed by atoms with Crippen LogP contribution in [0, 0.1) is 6.92 Å². The van der Waals surface area contributed by atoms with E-state index in [4.69, 9.17) is 10.1 Å². The Morgan fingerprint density at radius 2 is 1.90 bits per heavy atom. The van der Waals surface area contributed by atoms with Crippen LogP contribution in [0.4, 0.5) is 11.6 Å². The Balaban J connectivity index is 1.61. The predicted molar refractivity (Wildman–Crippen MR) is 122 cm³/mol. The molecule has 150 valence electrons. The van der Waals surface area contributed by atoms with E-state index in [1.54, 1.807) is 22.7 Å². The number of para-hydroxylation sites is 1. The summed E-state index contributed by atoms with van der Waals surface area (Å²) in [7, 11) is 0.